The lowest BCUT2D eigenvalue weighted by Crippen LogP contribution is -2.40. The molecule has 0 unspecified atom stereocenters. The summed E-state index contributed by atoms with van der Waals surface area (Å²) >= 11 is 0. The van der Waals surface area contributed by atoms with E-state index in [1.165, 1.54) is 12.8 Å². The number of nitrogens with zero attached hydrogens (tertiary/aromatic N) is 2. The van der Waals surface area contributed by atoms with Crippen LogP contribution >= 0.6 is 0 Å². The second-order valence-corrected chi connectivity index (χ2v) is 4.88. The Balaban J connectivity index is 1.81. The number of nitro benzene ring substituents is 1. The van der Waals surface area contributed by atoms with E-state index < -0.39 is 0 Å². The van der Waals surface area contributed by atoms with E-state index in [1.807, 2.05) is 12.1 Å². The molecule has 0 radical (unpaired) electrons. The number of hydrogen-bond acceptors (Lipinski definition) is 4. The summed E-state index contributed by atoms with van der Waals surface area (Å²) in [5.41, 5.74) is 1.25. The quantitative estimate of drug-likeness (QED) is 0.652. The molecule has 5 heteroatoms. The van der Waals surface area contributed by atoms with Crippen molar-refractivity contribution in [2.24, 2.45) is 0 Å². The lowest BCUT2D eigenvalue weighted by atomic mass is 10.1. The van der Waals surface area contributed by atoms with E-state index in [4.69, 9.17) is 0 Å². The number of hydrogen-bond donors (Lipinski definition) is 1. The zero-order valence-corrected chi connectivity index (χ0v) is 10.6. The third-order valence-corrected chi connectivity index (χ3v) is 3.46. The number of benzene rings is 1. The smallest absolute Gasteiger partial charge is 0.269 e. The maximum absolute atomic E-state index is 10.5. The van der Waals surface area contributed by atoms with Crippen LogP contribution in [0.15, 0.2) is 24.3 Å². The summed E-state index contributed by atoms with van der Waals surface area (Å²) in [7, 11) is 2.15. The summed E-state index contributed by atoms with van der Waals surface area (Å²) < 4.78 is 0. The molecular weight excluding hydrogens is 230 g/mol. The van der Waals surface area contributed by atoms with Crippen LogP contribution in [0.3, 0.4) is 0 Å². The second-order valence-electron chi connectivity index (χ2n) is 4.88. The average molecular weight is 249 g/mol. The first kappa shape index (κ1) is 13.0. The largest absolute Gasteiger partial charge is 0.310 e. The number of likely N-dealkylation sites (tertiary alicyclic amines) is 1. The van der Waals surface area contributed by atoms with E-state index in [2.05, 4.69) is 17.3 Å². The minimum absolute atomic E-state index is 0.151. The van der Waals surface area contributed by atoms with Crippen molar-refractivity contribution < 1.29 is 4.92 Å². The first-order valence-corrected chi connectivity index (χ1v) is 6.30. The van der Waals surface area contributed by atoms with Crippen molar-refractivity contribution >= 4 is 5.69 Å². The van der Waals surface area contributed by atoms with Gasteiger partial charge in [0, 0.05) is 24.7 Å². The van der Waals surface area contributed by atoms with Gasteiger partial charge in [-0.05, 0) is 38.5 Å². The molecule has 5 nitrogen and oxygen atoms in total. The molecule has 1 fully saturated rings. The summed E-state index contributed by atoms with van der Waals surface area (Å²) in [5.74, 6) is 0. The Labute approximate surface area is 107 Å². The van der Waals surface area contributed by atoms with Crippen molar-refractivity contribution in [2.75, 3.05) is 20.1 Å². The predicted molar refractivity (Wildman–Crippen MR) is 70.5 cm³/mol. The number of nitro groups is 1. The fraction of sp³-hybridized carbons (Fsp3) is 0.538. The molecule has 0 aliphatic carbocycles. The fourth-order valence-corrected chi connectivity index (χ4v) is 2.21. The summed E-state index contributed by atoms with van der Waals surface area (Å²) in [6, 6.07) is 7.33. The normalized spacial score (nSPS) is 17.8. The van der Waals surface area contributed by atoms with E-state index in [0.717, 1.165) is 25.2 Å². The molecule has 1 heterocycles. The molecule has 1 aromatic rings. The van der Waals surface area contributed by atoms with E-state index in [1.54, 1.807) is 12.1 Å². The molecule has 1 saturated heterocycles. The molecule has 0 spiro atoms. The van der Waals surface area contributed by atoms with Crippen LogP contribution in [-0.4, -0.2) is 36.0 Å². The van der Waals surface area contributed by atoms with Gasteiger partial charge >= 0.3 is 0 Å². The van der Waals surface area contributed by atoms with Crippen LogP contribution in [0.25, 0.3) is 0 Å². The topological polar surface area (TPSA) is 58.4 Å². The van der Waals surface area contributed by atoms with E-state index in [0.29, 0.717) is 6.04 Å². The first-order chi connectivity index (χ1) is 8.65. The Morgan fingerprint density at radius 2 is 1.94 bits per heavy atom. The molecule has 1 aromatic carbocycles. The Morgan fingerprint density at radius 3 is 2.50 bits per heavy atom. The molecule has 0 amide bonds. The van der Waals surface area contributed by atoms with E-state index >= 15 is 0 Å². The van der Waals surface area contributed by atoms with Gasteiger partial charge in [-0.2, -0.15) is 0 Å². The van der Waals surface area contributed by atoms with E-state index in [-0.39, 0.29) is 10.6 Å². The van der Waals surface area contributed by atoms with Gasteiger partial charge in [0.25, 0.3) is 5.69 Å². The zero-order valence-electron chi connectivity index (χ0n) is 10.6. The molecule has 0 aromatic heterocycles. The highest BCUT2D eigenvalue weighted by Gasteiger charge is 2.15. The van der Waals surface area contributed by atoms with Gasteiger partial charge in [0.05, 0.1) is 4.92 Å². The first-order valence-electron chi connectivity index (χ1n) is 6.30. The number of rotatable bonds is 4. The molecule has 98 valence electrons. The van der Waals surface area contributed by atoms with Gasteiger partial charge in [-0.1, -0.05) is 12.1 Å². The molecule has 0 atom stereocenters. The Morgan fingerprint density at radius 1 is 1.33 bits per heavy atom. The molecule has 1 N–H and O–H groups in total. The Bertz CT molecular complexity index is 397. The van der Waals surface area contributed by atoms with Crippen LogP contribution in [0, 0.1) is 10.1 Å². The van der Waals surface area contributed by atoms with E-state index in [9.17, 15) is 10.1 Å². The van der Waals surface area contributed by atoms with Gasteiger partial charge in [0.15, 0.2) is 0 Å². The molecular formula is C13H19N3O2. The number of non-ortho nitro benzene ring substituents is 1. The molecule has 0 saturated carbocycles. The Kier molecular flexibility index (Phi) is 4.28. The molecule has 18 heavy (non-hydrogen) atoms. The summed E-state index contributed by atoms with van der Waals surface area (Å²) in [4.78, 5) is 12.5. The maximum Gasteiger partial charge on any atom is 0.269 e. The maximum atomic E-state index is 10.5. The van der Waals surface area contributed by atoms with Crippen LogP contribution < -0.4 is 5.32 Å². The fourth-order valence-electron chi connectivity index (χ4n) is 2.21. The third-order valence-electron chi connectivity index (χ3n) is 3.46. The number of nitrogens with one attached hydrogen (secondary N) is 1. The van der Waals surface area contributed by atoms with Crippen LogP contribution in [0.5, 0.6) is 0 Å². The van der Waals surface area contributed by atoms with Crippen molar-refractivity contribution in [2.45, 2.75) is 25.4 Å². The van der Waals surface area contributed by atoms with Gasteiger partial charge in [0.1, 0.15) is 0 Å². The van der Waals surface area contributed by atoms with Gasteiger partial charge in [0.2, 0.25) is 0 Å². The van der Waals surface area contributed by atoms with Crippen LogP contribution in [0.2, 0.25) is 0 Å². The van der Waals surface area contributed by atoms with Crippen molar-refractivity contribution in [3.8, 4) is 0 Å². The zero-order chi connectivity index (χ0) is 13.0. The lowest BCUT2D eigenvalue weighted by molar-refractivity contribution is -0.384. The lowest BCUT2D eigenvalue weighted by Gasteiger charge is -2.29. The Hall–Kier alpha value is -1.46. The van der Waals surface area contributed by atoms with Gasteiger partial charge < -0.3 is 10.2 Å². The van der Waals surface area contributed by atoms with Crippen molar-refractivity contribution in [1.29, 1.82) is 0 Å². The minimum atomic E-state index is -0.367. The monoisotopic (exact) mass is 249 g/mol. The second kappa shape index (κ2) is 5.93. The van der Waals surface area contributed by atoms with Crippen molar-refractivity contribution in [3.05, 3.63) is 39.9 Å². The third kappa shape index (κ3) is 3.51. The highest BCUT2D eigenvalue weighted by atomic mass is 16.6. The summed E-state index contributed by atoms with van der Waals surface area (Å²) in [5, 5.41) is 14.0. The average Bonchev–Trinajstić information content (AvgIpc) is 2.38. The van der Waals surface area contributed by atoms with Gasteiger partial charge in [-0.25, -0.2) is 0 Å². The molecule has 0 bridgehead atoms. The standard InChI is InChI=1S/C13H19N3O2/c1-15-8-6-12(7-9-15)14-10-11-2-4-13(5-3-11)16(17)18/h2-5,12,14H,6-10H2,1H3. The molecule has 1 aliphatic heterocycles. The van der Waals surface area contributed by atoms with Crippen LogP contribution in [0.4, 0.5) is 5.69 Å². The number of piperidine rings is 1. The van der Waals surface area contributed by atoms with Crippen LogP contribution in [0.1, 0.15) is 18.4 Å². The van der Waals surface area contributed by atoms with Gasteiger partial charge in [-0.3, -0.25) is 10.1 Å². The minimum Gasteiger partial charge on any atom is -0.310 e. The van der Waals surface area contributed by atoms with Gasteiger partial charge in [-0.15, -0.1) is 0 Å². The summed E-state index contributed by atoms with van der Waals surface area (Å²) in [6.07, 6.45) is 2.34. The predicted octanol–water partition coefficient (Wildman–Crippen LogP) is 1.78. The van der Waals surface area contributed by atoms with Crippen molar-refractivity contribution in [3.63, 3.8) is 0 Å². The van der Waals surface area contributed by atoms with Crippen molar-refractivity contribution in [1.82, 2.24) is 10.2 Å². The molecule has 1 aliphatic rings. The van der Waals surface area contributed by atoms with Crippen LogP contribution in [-0.2, 0) is 6.54 Å². The summed E-state index contributed by atoms with van der Waals surface area (Å²) in [6.45, 7) is 3.06. The highest BCUT2D eigenvalue weighted by Crippen LogP contribution is 2.13. The highest BCUT2D eigenvalue weighted by molar-refractivity contribution is 5.32. The molecule has 2 rings (SSSR count). The SMILES string of the molecule is CN1CCC(NCc2ccc([N+](=O)[O-])cc2)CC1.